The third-order valence-electron chi connectivity index (χ3n) is 1.58. The molecule has 0 aliphatic heterocycles. The fraction of sp³-hybridized carbons (Fsp3) is 0.571. The van der Waals surface area contributed by atoms with Crippen molar-refractivity contribution in [2.75, 3.05) is 14.2 Å². The van der Waals surface area contributed by atoms with Crippen LogP contribution in [0.4, 0.5) is 0 Å². The van der Waals surface area contributed by atoms with Crippen molar-refractivity contribution in [3.8, 4) is 5.88 Å². The van der Waals surface area contributed by atoms with E-state index in [1.807, 2.05) is 13.1 Å². The number of methoxy groups -OCH3 is 1. The second kappa shape index (κ2) is 3.69. The van der Waals surface area contributed by atoms with E-state index in [2.05, 4.69) is 16.6 Å². The first kappa shape index (κ1) is 8.49. The molecule has 0 aliphatic rings. The van der Waals surface area contributed by atoms with Crippen LogP contribution in [-0.4, -0.2) is 18.5 Å². The van der Waals surface area contributed by atoms with E-state index in [4.69, 9.17) is 4.74 Å². The molecule has 4 heteroatoms. The Morgan fingerprint density at radius 3 is 2.91 bits per heavy atom. The predicted octanol–water partition coefficient (Wildman–Crippen LogP) is 1.43. The van der Waals surface area contributed by atoms with Crippen LogP contribution in [0.3, 0.4) is 0 Å². The van der Waals surface area contributed by atoms with Gasteiger partial charge in [-0.05, 0) is 25.5 Å². The molecule has 0 saturated heterocycles. The van der Waals surface area contributed by atoms with E-state index in [-0.39, 0.29) is 0 Å². The van der Waals surface area contributed by atoms with Gasteiger partial charge in [0.15, 0.2) is 0 Å². The minimum atomic E-state index is 0.358. The minimum Gasteiger partial charge on any atom is -0.480 e. The van der Waals surface area contributed by atoms with Crippen molar-refractivity contribution in [3.63, 3.8) is 0 Å². The highest BCUT2D eigenvalue weighted by Gasteiger charge is 2.06. The van der Waals surface area contributed by atoms with Gasteiger partial charge in [-0.2, -0.15) is 4.37 Å². The molecular weight excluding hydrogens is 160 g/mol. The standard InChI is InChI=1S/C7H12N2OS/c1-5(8-2)6-4-7(10-3)9-11-6/h4-5,8H,1-3H3. The Labute approximate surface area is 70.6 Å². The molecule has 3 nitrogen and oxygen atoms in total. The van der Waals surface area contributed by atoms with Crippen LogP contribution in [0.1, 0.15) is 17.8 Å². The lowest BCUT2D eigenvalue weighted by atomic mass is 10.3. The monoisotopic (exact) mass is 172 g/mol. The molecule has 1 aromatic heterocycles. The lowest BCUT2D eigenvalue weighted by Gasteiger charge is -2.04. The topological polar surface area (TPSA) is 34.1 Å². The highest BCUT2D eigenvalue weighted by molar-refractivity contribution is 7.06. The van der Waals surface area contributed by atoms with Gasteiger partial charge in [-0.15, -0.1) is 0 Å². The van der Waals surface area contributed by atoms with Gasteiger partial charge in [0.1, 0.15) is 0 Å². The molecule has 0 aliphatic carbocycles. The second-order valence-electron chi connectivity index (χ2n) is 2.28. The zero-order chi connectivity index (χ0) is 8.27. The Kier molecular flexibility index (Phi) is 2.84. The van der Waals surface area contributed by atoms with Gasteiger partial charge in [-0.1, -0.05) is 0 Å². The van der Waals surface area contributed by atoms with Crippen molar-refractivity contribution in [2.45, 2.75) is 13.0 Å². The molecule has 0 aromatic carbocycles. The quantitative estimate of drug-likeness (QED) is 0.749. The lowest BCUT2D eigenvalue weighted by Crippen LogP contribution is -2.10. The summed E-state index contributed by atoms with van der Waals surface area (Å²) in [6, 6.07) is 2.31. The highest BCUT2D eigenvalue weighted by Crippen LogP contribution is 2.21. The van der Waals surface area contributed by atoms with Crippen molar-refractivity contribution in [1.29, 1.82) is 0 Å². The van der Waals surface area contributed by atoms with E-state index in [0.717, 1.165) is 0 Å². The summed E-state index contributed by atoms with van der Waals surface area (Å²) in [6.45, 7) is 2.09. The van der Waals surface area contributed by atoms with Gasteiger partial charge in [0.05, 0.1) is 7.11 Å². The first-order valence-electron chi connectivity index (χ1n) is 3.45. The van der Waals surface area contributed by atoms with Gasteiger partial charge in [-0.3, -0.25) is 0 Å². The van der Waals surface area contributed by atoms with Crippen LogP contribution < -0.4 is 10.1 Å². The summed E-state index contributed by atoms with van der Waals surface area (Å²) in [4.78, 5) is 1.20. The van der Waals surface area contributed by atoms with E-state index in [1.54, 1.807) is 7.11 Å². The van der Waals surface area contributed by atoms with Gasteiger partial charge < -0.3 is 10.1 Å². The van der Waals surface area contributed by atoms with Crippen molar-refractivity contribution in [2.24, 2.45) is 0 Å². The van der Waals surface area contributed by atoms with Crippen molar-refractivity contribution in [3.05, 3.63) is 10.9 Å². The molecule has 62 valence electrons. The van der Waals surface area contributed by atoms with Gasteiger partial charge >= 0.3 is 0 Å². The number of nitrogens with one attached hydrogen (secondary N) is 1. The molecule has 1 N–H and O–H groups in total. The molecule has 11 heavy (non-hydrogen) atoms. The summed E-state index contributed by atoms with van der Waals surface area (Å²) in [6.07, 6.45) is 0. The van der Waals surface area contributed by atoms with Gasteiger partial charge in [-0.25, -0.2) is 0 Å². The minimum absolute atomic E-state index is 0.358. The number of hydrogen-bond donors (Lipinski definition) is 1. The van der Waals surface area contributed by atoms with Crippen LogP contribution in [0, 0.1) is 0 Å². The first-order chi connectivity index (χ1) is 5.27. The number of rotatable bonds is 3. The lowest BCUT2D eigenvalue weighted by molar-refractivity contribution is 0.402. The Morgan fingerprint density at radius 1 is 1.73 bits per heavy atom. The maximum atomic E-state index is 4.96. The normalized spacial score (nSPS) is 13.0. The molecule has 0 radical (unpaired) electrons. The first-order valence-corrected chi connectivity index (χ1v) is 4.23. The summed E-state index contributed by atoms with van der Waals surface area (Å²) < 4.78 is 9.04. The van der Waals surface area contributed by atoms with Crippen LogP contribution in [0.5, 0.6) is 5.88 Å². The molecule has 0 fully saturated rings. The highest BCUT2D eigenvalue weighted by atomic mass is 32.1. The molecule has 0 saturated carbocycles. The van der Waals surface area contributed by atoms with Crippen LogP contribution in [0.25, 0.3) is 0 Å². The van der Waals surface area contributed by atoms with E-state index in [1.165, 1.54) is 16.4 Å². The molecule has 1 unspecified atom stereocenters. The maximum absolute atomic E-state index is 4.96. The molecular formula is C7H12N2OS. The Bertz CT molecular complexity index is 224. The summed E-state index contributed by atoms with van der Waals surface area (Å²) in [5.74, 6) is 0.701. The summed E-state index contributed by atoms with van der Waals surface area (Å²) in [5, 5.41) is 3.13. The summed E-state index contributed by atoms with van der Waals surface area (Å²) in [5.41, 5.74) is 0. The Hall–Kier alpha value is -0.610. The smallest absolute Gasteiger partial charge is 0.225 e. The van der Waals surface area contributed by atoms with Crippen LogP contribution in [-0.2, 0) is 0 Å². The zero-order valence-electron chi connectivity index (χ0n) is 6.92. The van der Waals surface area contributed by atoms with Crippen LogP contribution in [0.15, 0.2) is 6.07 Å². The SMILES string of the molecule is CNC(C)c1cc(OC)ns1. The summed E-state index contributed by atoms with van der Waals surface area (Å²) in [7, 11) is 3.56. The largest absolute Gasteiger partial charge is 0.480 e. The average Bonchev–Trinajstić information content (AvgIpc) is 2.50. The fourth-order valence-electron chi connectivity index (χ4n) is 0.715. The van der Waals surface area contributed by atoms with E-state index in [9.17, 15) is 0 Å². The fourth-order valence-corrected chi connectivity index (χ4v) is 1.47. The average molecular weight is 172 g/mol. The Morgan fingerprint density at radius 2 is 2.45 bits per heavy atom. The molecule has 1 atom stereocenters. The zero-order valence-corrected chi connectivity index (χ0v) is 7.73. The van der Waals surface area contributed by atoms with Crippen molar-refractivity contribution in [1.82, 2.24) is 9.69 Å². The van der Waals surface area contributed by atoms with Gasteiger partial charge in [0, 0.05) is 17.0 Å². The maximum Gasteiger partial charge on any atom is 0.225 e. The van der Waals surface area contributed by atoms with Crippen molar-refractivity contribution >= 4 is 11.5 Å². The van der Waals surface area contributed by atoms with Crippen molar-refractivity contribution < 1.29 is 4.74 Å². The third kappa shape index (κ3) is 1.91. The molecule has 1 rings (SSSR count). The van der Waals surface area contributed by atoms with E-state index >= 15 is 0 Å². The Balaban J connectivity index is 2.71. The molecule has 0 bridgehead atoms. The third-order valence-corrected chi connectivity index (χ3v) is 2.53. The van der Waals surface area contributed by atoms with Gasteiger partial charge in [0.25, 0.3) is 0 Å². The number of nitrogens with zero attached hydrogens (tertiary/aromatic N) is 1. The molecule has 1 aromatic rings. The van der Waals surface area contributed by atoms with Crippen LogP contribution in [0.2, 0.25) is 0 Å². The molecule has 0 amide bonds. The number of ether oxygens (including phenoxy) is 1. The number of hydrogen-bond acceptors (Lipinski definition) is 4. The van der Waals surface area contributed by atoms with Gasteiger partial charge in [0.2, 0.25) is 5.88 Å². The number of aromatic nitrogens is 1. The molecule has 1 heterocycles. The van der Waals surface area contributed by atoms with E-state index in [0.29, 0.717) is 11.9 Å². The van der Waals surface area contributed by atoms with E-state index < -0.39 is 0 Å². The van der Waals surface area contributed by atoms with Crippen LogP contribution >= 0.6 is 11.5 Å². The summed E-state index contributed by atoms with van der Waals surface area (Å²) >= 11 is 1.47. The second-order valence-corrected chi connectivity index (χ2v) is 3.12. The predicted molar refractivity (Wildman–Crippen MR) is 46.1 cm³/mol. The molecule has 0 spiro atoms.